The van der Waals surface area contributed by atoms with Gasteiger partial charge in [-0.05, 0) is 38.3 Å². The Balaban J connectivity index is 1.66. The molecule has 88 valence electrons. The second kappa shape index (κ2) is 5.28. The Morgan fingerprint density at radius 1 is 1.07 bits per heavy atom. The van der Waals surface area contributed by atoms with E-state index in [2.05, 4.69) is 16.7 Å². The number of hydrogen-bond acceptors (Lipinski definition) is 3. The molecule has 0 aliphatic carbocycles. The Labute approximate surface area is 93.1 Å². The van der Waals surface area contributed by atoms with Crippen LogP contribution in [0.1, 0.15) is 26.2 Å². The highest BCUT2D eigenvalue weighted by Gasteiger charge is 2.24. The molecule has 0 aromatic carbocycles. The van der Waals surface area contributed by atoms with Crippen molar-refractivity contribution in [1.82, 2.24) is 9.80 Å². The van der Waals surface area contributed by atoms with Crippen LogP contribution >= 0.6 is 0 Å². The lowest BCUT2D eigenvalue weighted by atomic mass is 9.97. The second-order valence-electron chi connectivity index (χ2n) is 5.18. The topological polar surface area (TPSA) is 26.7 Å². The van der Waals surface area contributed by atoms with Gasteiger partial charge in [0.25, 0.3) is 0 Å². The molecular formula is C12H24N2O. The third-order valence-electron chi connectivity index (χ3n) is 3.88. The van der Waals surface area contributed by atoms with Gasteiger partial charge in [-0.2, -0.15) is 0 Å². The van der Waals surface area contributed by atoms with E-state index in [1.54, 1.807) is 0 Å². The summed E-state index contributed by atoms with van der Waals surface area (Å²) in [5.74, 6) is 0.456. The fourth-order valence-electron chi connectivity index (χ4n) is 2.71. The van der Waals surface area contributed by atoms with Crippen molar-refractivity contribution in [2.75, 3.05) is 39.3 Å². The second-order valence-corrected chi connectivity index (χ2v) is 5.18. The average Bonchev–Trinajstić information content (AvgIpc) is 2.73. The van der Waals surface area contributed by atoms with Gasteiger partial charge >= 0.3 is 0 Å². The van der Waals surface area contributed by atoms with Crippen LogP contribution in [0, 0.1) is 5.92 Å². The fraction of sp³-hybridized carbons (Fsp3) is 1.00. The van der Waals surface area contributed by atoms with Crippen molar-refractivity contribution in [3.63, 3.8) is 0 Å². The van der Waals surface area contributed by atoms with Gasteiger partial charge in [0.1, 0.15) is 0 Å². The molecule has 2 aliphatic rings. The van der Waals surface area contributed by atoms with Crippen molar-refractivity contribution >= 4 is 0 Å². The van der Waals surface area contributed by atoms with Gasteiger partial charge in [-0.1, -0.05) is 6.92 Å². The molecule has 3 heteroatoms. The molecule has 2 rings (SSSR count). The standard InChI is InChI=1S/C12H24N2O/c1-11-10-14(7-4-12(11)15)9-8-13-5-2-3-6-13/h11-12,15H,2-10H2,1H3. The molecule has 15 heavy (non-hydrogen) atoms. The zero-order chi connectivity index (χ0) is 10.7. The third kappa shape index (κ3) is 3.16. The van der Waals surface area contributed by atoms with Crippen molar-refractivity contribution in [2.45, 2.75) is 32.3 Å². The Morgan fingerprint density at radius 2 is 1.73 bits per heavy atom. The van der Waals surface area contributed by atoms with Crippen molar-refractivity contribution < 1.29 is 5.11 Å². The zero-order valence-electron chi connectivity index (χ0n) is 9.86. The van der Waals surface area contributed by atoms with Gasteiger partial charge in [-0.15, -0.1) is 0 Å². The van der Waals surface area contributed by atoms with Crippen LogP contribution < -0.4 is 0 Å². The number of aliphatic hydroxyl groups excluding tert-OH is 1. The molecule has 2 aliphatic heterocycles. The third-order valence-corrected chi connectivity index (χ3v) is 3.88. The highest BCUT2D eigenvalue weighted by Crippen LogP contribution is 2.16. The molecule has 2 heterocycles. The first-order valence-electron chi connectivity index (χ1n) is 6.38. The summed E-state index contributed by atoms with van der Waals surface area (Å²) in [6, 6.07) is 0. The normalized spacial score (nSPS) is 34.8. The van der Waals surface area contributed by atoms with Gasteiger partial charge in [-0.3, -0.25) is 0 Å². The largest absolute Gasteiger partial charge is 0.393 e. The Morgan fingerprint density at radius 3 is 2.40 bits per heavy atom. The molecule has 0 aromatic heterocycles. The van der Waals surface area contributed by atoms with Crippen LogP contribution in [0.25, 0.3) is 0 Å². The smallest absolute Gasteiger partial charge is 0.0590 e. The number of rotatable bonds is 3. The molecular weight excluding hydrogens is 188 g/mol. The van der Waals surface area contributed by atoms with Crippen LogP contribution in [-0.4, -0.2) is 60.3 Å². The maximum atomic E-state index is 9.64. The Kier molecular flexibility index (Phi) is 4.00. The van der Waals surface area contributed by atoms with Crippen molar-refractivity contribution in [1.29, 1.82) is 0 Å². The molecule has 0 bridgehead atoms. The van der Waals surface area contributed by atoms with E-state index in [0.717, 1.165) is 19.5 Å². The molecule has 2 saturated heterocycles. The average molecular weight is 212 g/mol. The minimum atomic E-state index is -0.0620. The summed E-state index contributed by atoms with van der Waals surface area (Å²) in [5.41, 5.74) is 0. The van der Waals surface area contributed by atoms with Crippen LogP contribution in [0.15, 0.2) is 0 Å². The van der Waals surface area contributed by atoms with Crippen LogP contribution in [0.4, 0.5) is 0 Å². The summed E-state index contributed by atoms with van der Waals surface area (Å²) in [5, 5.41) is 9.64. The van der Waals surface area contributed by atoms with Crippen LogP contribution in [-0.2, 0) is 0 Å². The maximum absolute atomic E-state index is 9.64. The number of piperidine rings is 1. The van der Waals surface area contributed by atoms with Gasteiger partial charge < -0.3 is 14.9 Å². The molecule has 0 aromatic rings. The first kappa shape index (κ1) is 11.4. The molecule has 2 atom stereocenters. The van der Waals surface area contributed by atoms with Crippen molar-refractivity contribution in [3.05, 3.63) is 0 Å². The summed E-state index contributed by atoms with van der Waals surface area (Å²) in [6.07, 6.45) is 3.67. The van der Waals surface area contributed by atoms with Gasteiger partial charge in [0.2, 0.25) is 0 Å². The predicted molar refractivity (Wildman–Crippen MR) is 61.9 cm³/mol. The monoisotopic (exact) mass is 212 g/mol. The molecule has 0 radical (unpaired) electrons. The lowest BCUT2D eigenvalue weighted by Crippen LogP contribution is -2.44. The van der Waals surface area contributed by atoms with Crippen molar-refractivity contribution in [2.24, 2.45) is 5.92 Å². The number of nitrogens with zero attached hydrogens (tertiary/aromatic N) is 2. The van der Waals surface area contributed by atoms with Gasteiger partial charge in [0, 0.05) is 26.2 Å². The van der Waals surface area contributed by atoms with Gasteiger partial charge in [0.05, 0.1) is 6.10 Å². The zero-order valence-corrected chi connectivity index (χ0v) is 9.86. The summed E-state index contributed by atoms with van der Waals surface area (Å²) < 4.78 is 0. The Bertz CT molecular complexity index is 192. The summed E-state index contributed by atoms with van der Waals surface area (Å²) in [7, 11) is 0. The van der Waals surface area contributed by atoms with E-state index in [-0.39, 0.29) is 6.10 Å². The van der Waals surface area contributed by atoms with Gasteiger partial charge in [-0.25, -0.2) is 0 Å². The number of hydrogen-bond donors (Lipinski definition) is 1. The van der Waals surface area contributed by atoms with E-state index in [4.69, 9.17) is 0 Å². The first-order valence-corrected chi connectivity index (χ1v) is 6.38. The minimum Gasteiger partial charge on any atom is -0.393 e. The lowest BCUT2D eigenvalue weighted by Gasteiger charge is -2.35. The van der Waals surface area contributed by atoms with Crippen molar-refractivity contribution in [3.8, 4) is 0 Å². The van der Waals surface area contributed by atoms with Crippen LogP contribution in [0.2, 0.25) is 0 Å². The van der Waals surface area contributed by atoms with E-state index in [1.807, 2.05) is 0 Å². The van der Waals surface area contributed by atoms with E-state index in [1.165, 1.54) is 39.0 Å². The highest BCUT2D eigenvalue weighted by atomic mass is 16.3. The summed E-state index contributed by atoms with van der Waals surface area (Å²) in [6.45, 7) is 9.33. The van der Waals surface area contributed by atoms with E-state index in [9.17, 15) is 5.11 Å². The Hall–Kier alpha value is -0.120. The fourth-order valence-corrected chi connectivity index (χ4v) is 2.71. The molecule has 1 N–H and O–H groups in total. The van der Waals surface area contributed by atoms with Crippen LogP contribution in [0.5, 0.6) is 0 Å². The minimum absolute atomic E-state index is 0.0620. The quantitative estimate of drug-likeness (QED) is 0.749. The lowest BCUT2D eigenvalue weighted by molar-refractivity contribution is 0.0323. The van der Waals surface area contributed by atoms with Gasteiger partial charge in [0.15, 0.2) is 0 Å². The van der Waals surface area contributed by atoms with Crippen LogP contribution in [0.3, 0.4) is 0 Å². The maximum Gasteiger partial charge on any atom is 0.0590 e. The molecule has 2 fully saturated rings. The summed E-state index contributed by atoms with van der Waals surface area (Å²) >= 11 is 0. The first-order chi connectivity index (χ1) is 7.25. The molecule has 2 unspecified atom stereocenters. The number of aliphatic hydroxyl groups is 1. The SMILES string of the molecule is CC1CN(CCN2CCCC2)CCC1O. The number of likely N-dealkylation sites (tertiary alicyclic amines) is 2. The molecule has 0 spiro atoms. The van der Waals surface area contributed by atoms with E-state index in [0.29, 0.717) is 5.92 Å². The highest BCUT2D eigenvalue weighted by molar-refractivity contribution is 4.78. The molecule has 0 amide bonds. The summed E-state index contributed by atoms with van der Waals surface area (Å²) in [4.78, 5) is 5.07. The van der Waals surface area contributed by atoms with E-state index < -0.39 is 0 Å². The predicted octanol–water partition coefficient (Wildman–Crippen LogP) is 0.785. The molecule has 0 saturated carbocycles. The van der Waals surface area contributed by atoms with E-state index >= 15 is 0 Å². The molecule has 3 nitrogen and oxygen atoms in total.